The lowest BCUT2D eigenvalue weighted by molar-refractivity contribution is 1.10. The summed E-state index contributed by atoms with van der Waals surface area (Å²) in [5.74, 6) is 0. The standard InChI is InChI=1S/C11H9N5/c1-7-3-12-6-11(15-7)10-2-9-8(4-13-10)5-14-16-9/h2-6H,1H3,(H,14,16). The zero-order valence-corrected chi connectivity index (χ0v) is 8.68. The maximum atomic E-state index is 4.38. The molecule has 0 aliphatic carbocycles. The molecule has 78 valence electrons. The molecule has 3 rings (SSSR count). The largest absolute Gasteiger partial charge is 0.278 e. The minimum Gasteiger partial charge on any atom is -0.278 e. The third-order valence-electron chi connectivity index (χ3n) is 2.34. The molecule has 0 radical (unpaired) electrons. The smallest absolute Gasteiger partial charge is 0.107 e. The van der Waals surface area contributed by atoms with Crippen LogP contribution in [0.2, 0.25) is 0 Å². The quantitative estimate of drug-likeness (QED) is 0.665. The normalized spacial score (nSPS) is 10.8. The lowest BCUT2D eigenvalue weighted by Crippen LogP contribution is -1.91. The Labute approximate surface area is 91.6 Å². The van der Waals surface area contributed by atoms with Gasteiger partial charge < -0.3 is 0 Å². The Balaban J connectivity index is 2.18. The fourth-order valence-corrected chi connectivity index (χ4v) is 1.56. The van der Waals surface area contributed by atoms with E-state index in [9.17, 15) is 0 Å². The number of fused-ring (bicyclic) bond motifs is 1. The van der Waals surface area contributed by atoms with Crippen molar-refractivity contribution in [1.82, 2.24) is 25.1 Å². The summed E-state index contributed by atoms with van der Waals surface area (Å²) < 4.78 is 0. The predicted octanol–water partition coefficient (Wildman–Crippen LogP) is 1.72. The van der Waals surface area contributed by atoms with Gasteiger partial charge in [-0.1, -0.05) is 0 Å². The van der Waals surface area contributed by atoms with E-state index < -0.39 is 0 Å². The van der Waals surface area contributed by atoms with Crippen LogP contribution in [0, 0.1) is 6.92 Å². The second kappa shape index (κ2) is 3.37. The van der Waals surface area contributed by atoms with Gasteiger partial charge in [0.2, 0.25) is 0 Å². The number of pyridine rings is 1. The molecule has 3 aromatic rings. The van der Waals surface area contributed by atoms with Gasteiger partial charge in [-0.15, -0.1) is 0 Å². The molecule has 0 saturated carbocycles. The molecule has 0 aromatic carbocycles. The van der Waals surface area contributed by atoms with E-state index in [0.717, 1.165) is 28.0 Å². The van der Waals surface area contributed by atoms with Crippen molar-refractivity contribution in [1.29, 1.82) is 0 Å². The molecule has 0 bridgehead atoms. The van der Waals surface area contributed by atoms with E-state index in [2.05, 4.69) is 25.1 Å². The van der Waals surface area contributed by atoms with Gasteiger partial charge in [0.05, 0.1) is 29.3 Å². The molecule has 0 amide bonds. The third-order valence-corrected chi connectivity index (χ3v) is 2.34. The van der Waals surface area contributed by atoms with Crippen molar-refractivity contribution in [3.8, 4) is 11.4 Å². The molecule has 0 spiro atoms. The van der Waals surface area contributed by atoms with Crippen molar-refractivity contribution in [3.05, 3.63) is 36.5 Å². The van der Waals surface area contributed by atoms with Crippen LogP contribution in [0.5, 0.6) is 0 Å². The fraction of sp³-hybridized carbons (Fsp3) is 0.0909. The van der Waals surface area contributed by atoms with Crippen LogP contribution < -0.4 is 0 Å². The fourth-order valence-electron chi connectivity index (χ4n) is 1.56. The lowest BCUT2D eigenvalue weighted by atomic mass is 10.2. The van der Waals surface area contributed by atoms with Gasteiger partial charge >= 0.3 is 0 Å². The van der Waals surface area contributed by atoms with Gasteiger partial charge in [0.15, 0.2) is 0 Å². The van der Waals surface area contributed by atoms with Crippen molar-refractivity contribution >= 4 is 10.9 Å². The highest BCUT2D eigenvalue weighted by atomic mass is 15.1. The lowest BCUT2D eigenvalue weighted by Gasteiger charge is -2.00. The van der Waals surface area contributed by atoms with Crippen molar-refractivity contribution in [2.45, 2.75) is 6.92 Å². The van der Waals surface area contributed by atoms with Crippen LogP contribution in [0.15, 0.2) is 30.9 Å². The number of aromatic amines is 1. The highest BCUT2D eigenvalue weighted by molar-refractivity contribution is 5.80. The first-order valence-corrected chi connectivity index (χ1v) is 4.91. The second-order valence-electron chi connectivity index (χ2n) is 3.57. The van der Waals surface area contributed by atoms with Gasteiger partial charge in [-0.3, -0.25) is 15.1 Å². The van der Waals surface area contributed by atoms with Crippen LogP contribution in [0.3, 0.4) is 0 Å². The van der Waals surface area contributed by atoms with Gasteiger partial charge in [-0.05, 0) is 13.0 Å². The van der Waals surface area contributed by atoms with E-state index in [4.69, 9.17) is 0 Å². The predicted molar refractivity (Wildman–Crippen MR) is 59.7 cm³/mol. The van der Waals surface area contributed by atoms with E-state index in [0.29, 0.717) is 0 Å². The minimum atomic E-state index is 0.775. The summed E-state index contributed by atoms with van der Waals surface area (Å²) in [6.45, 7) is 1.91. The van der Waals surface area contributed by atoms with E-state index in [1.165, 1.54) is 0 Å². The Kier molecular flexibility index (Phi) is 1.89. The number of nitrogens with zero attached hydrogens (tertiary/aromatic N) is 4. The first-order chi connectivity index (χ1) is 7.83. The summed E-state index contributed by atoms with van der Waals surface area (Å²) in [6.07, 6.45) is 6.95. The molecule has 0 aliphatic rings. The molecule has 0 unspecified atom stereocenters. The monoisotopic (exact) mass is 211 g/mol. The molecule has 1 N–H and O–H groups in total. The molecular weight excluding hydrogens is 202 g/mol. The van der Waals surface area contributed by atoms with Crippen LogP contribution in [0.4, 0.5) is 0 Å². The number of rotatable bonds is 1. The average Bonchev–Trinajstić information content (AvgIpc) is 2.75. The zero-order valence-electron chi connectivity index (χ0n) is 8.68. The summed E-state index contributed by atoms with van der Waals surface area (Å²) in [5.41, 5.74) is 3.40. The summed E-state index contributed by atoms with van der Waals surface area (Å²) in [4.78, 5) is 12.8. The average molecular weight is 211 g/mol. The molecule has 5 heteroatoms. The zero-order chi connectivity index (χ0) is 11.0. The molecule has 3 aromatic heterocycles. The van der Waals surface area contributed by atoms with Gasteiger partial charge in [-0.2, -0.15) is 5.10 Å². The molecule has 5 nitrogen and oxygen atoms in total. The van der Waals surface area contributed by atoms with Crippen molar-refractivity contribution in [3.63, 3.8) is 0 Å². The highest BCUT2D eigenvalue weighted by Gasteiger charge is 2.04. The number of nitrogens with one attached hydrogen (secondary N) is 1. The van der Waals surface area contributed by atoms with E-state index in [-0.39, 0.29) is 0 Å². The van der Waals surface area contributed by atoms with Crippen molar-refractivity contribution in [2.75, 3.05) is 0 Å². The molecule has 3 heterocycles. The van der Waals surface area contributed by atoms with Crippen LogP contribution in [-0.2, 0) is 0 Å². The molecular formula is C11H9N5. The van der Waals surface area contributed by atoms with Crippen LogP contribution in [-0.4, -0.2) is 25.1 Å². The van der Waals surface area contributed by atoms with E-state index in [1.807, 2.05) is 13.0 Å². The Bertz CT molecular complexity index is 643. The Morgan fingerprint density at radius 3 is 2.88 bits per heavy atom. The SMILES string of the molecule is Cc1cncc(-c2cc3[nH]ncc3cn2)n1. The molecule has 0 fully saturated rings. The molecule has 0 aliphatic heterocycles. The first kappa shape index (κ1) is 8.96. The van der Waals surface area contributed by atoms with Crippen LogP contribution >= 0.6 is 0 Å². The summed E-state index contributed by atoms with van der Waals surface area (Å²) in [7, 11) is 0. The van der Waals surface area contributed by atoms with E-state index >= 15 is 0 Å². The minimum absolute atomic E-state index is 0.775. The number of H-pyrrole nitrogens is 1. The summed E-state index contributed by atoms with van der Waals surface area (Å²) in [6, 6.07) is 1.92. The first-order valence-electron chi connectivity index (χ1n) is 4.91. The molecule has 0 saturated heterocycles. The summed E-state index contributed by atoms with van der Waals surface area (Å²) in [5, 5.41) is 7.85. The van der Waals surface area contributed by atoms with Crippen LogP contribution in [0.25, 0.3) is 22.3 Å². The third kappa shape index (κ3) is 1.42. The van der Waals surface area contributed by atoms with Gasteiger partial charge in [0.25, 0.3) is 0 Å². The van der Waals surface area contributed by atoms with E-state index in [1.54, 1.807) is 24.8 Å². The van der Waals surface area contributed by atoms with Crippen LogP contribution in [0.1, 0.15) is 5.69 Å². The number of hydrogen-bond donors (Lipinski definition) is 1. The Morgan fingerprint density at radius 2 is 2.00 bits per heavy atom. The van der Waals surface area contributed by atoms with Gasteiger partial charge in [0, 0.05) is 17.8 Å². The molecule has 16 heavy (non-hydrogen) atoms. The Hall–Kier alpha value is -2.30. The number of aryl methyl sites for hydroxylation is 1. The van der Waals surface area contributed by atoms with Crippen molar-refractivity contribution in [2.24, 2.45) is 0 Å². The maximum Gasteiger partial charge on any atom is 0.107 e. The number of hydrogen-bond acceptors (Lipinski definition) is 4. The van der Waals surface area contributed by atoms with Crippen molar-refractivity contribution < 1.29 is 0 Å². The number of aromatic nitrogens is 5. The highest BCUT2D eigenvalue weighted by Crippen LogP contribution is 2.17. The Morgan fingerprint density at radius 1 is 1.06 bits per heavy atom. The van der Waals surface area contributed by atoms with Gasteiger partial charge in [0.1, 0.15) is 5.69 Å². The summed E-state index contributed by atoms with van der Waals surface area (Å²) >= 11 is 0. The molecule has 0 atom stereocenters. The topological polar surface area (TPSA) is 67.3 Å². The second-order valence-corrected chi connectivity index (χ2v) is 3.57. The van der Waals surface area contributed by atoms with Gasteiger partial charge in [-0.25, -0.2) is 4.98 Å². The maximum absolute atomic E-state index is 4.38.